The predicted molar refractivity (Wildman–Crippen MR) is 88.2 cm³/mol. The molecule has 2 saturated heterocycles. The van der Waals surface area contributed by atoms with E-state index >= 15 is 0 Å². The van der Waals surface area contributed by atoms with E-state index in [-0.39, 0.29) is 0 Å². The Labute approximate surface area is 131 Å². The molecule has 4 atom stereocenters. The lowest BCUT2D eigenvalue weighted by Gasteiger charge is -2.23. The van der Waals surface area contributed by atoms with E-state index in [4.69, 9.17) is 4.74 Å². The van der Waals surface area contributed by atoms with Crippen LogP contribution in [0.2, 0.25) is 0 Å². The van der Waals surface area contributed by atoms with Gasteiger partial charge in [0.05, 0.1) is 13.2 Å². The maximum Gasteiger partial charge on any atom is 0.0501 e. The minimum atomic E-state index is 0.527. The summed E-state index contributed by atoms with van der Waals surface area (Å²) in [6.45, 7) is 19.0. The van der Waals surface area contributed by atoms with E-state index in [1.807, 2.05) is 0 Å². The van der Waals surface area contributed by atoms with Gasteiger partial charge < -0.3 is 9.64 Å². The molecule has 0 N–H and O–H groups in total. The molecule has 2 heterocycles. The van der Waals surface area contributed by atoms with Crippen LogP contribution >= 0.6 is 0 Å². The van der Waals surface area contributed by atoms with Gasteiger partial charge >= 0.3 is 0 Å². The van der Waals surface area contributed by atoms with Crippen LogP contribution in [0.1, 0.15) is 41.5 Å². The number of likely N-dealkylation sites (tertiary alicyclic amines) is 1. The van der Waals surface area contributed by atoms with Crippen LogP contribution in [0.3, 0.4) is 0 Å². The molecule has 2 aliphatic carbocycles. The largest absolute Gasteiger partial charge is 0.381 e. The number of rotatable bonds is 0. The van der Waals surface area contributed by atoms with E-state index < -0.39 is 0 Å². The summed E-state index contributed by atoms with van der Waals surface area (Å²) in [7, 11) is 2.24. The van der Waals surface area contributed by atoms with E-state index in [1.54, 1.807) is 0 Å². The average molecular weight is 293 g/mol. The molecule has 2 nitrogen and oxygen atoms in total. The lowest BCUT2D eigenvalue weighted by molar-refractivity contribution is 0.125. The highest BCUT2D eigenvalue weighted by Crippen LogP contribution is 2.60. The van der Waals surface area contributed by atoms with Crippen molar-refractivity contribution in [2.24, 2.45) is 46.3 Å². The van der Waals surface area contributed by atoms with Gasteiger partial charge in [-0.1, -0.05) is 41.5 Å². The molecule has 0 amide bonds. The second-order valence-electron chi connectivity index (χ2n) is 10.2. The fourth-order valence-corrected chi connectivity index (χ4v) is 5.55. The third-order valence-corrected chi connectivity index (χ3v) is 6.33. The van der Waals surface area contributed by atoms with Gasteiger partial charge in [-0.25, -0.2) is 0 Å². The van der Waals surface area contributed by atoms with Crippen LogP contribution < -0.4 is 0 Å². The Morgan fingerprint density at radius 2 is 1.10 bits per heavy atom. The van der Waals surface area contributed by atoms with Crippen molar-refractivity contribution < 1.29 is 4.74 Å². The molecule has 2 aliphatic heterocycles. The van der Waals surface area contributed by atoms with Crippen molar-refractivity contribution in [3.63, 3.8) is 0 Å². The molecule has 0 aromatic heterocycles. The zero-order valence-electron chi connectivity index (χ0n) is 15.1. The minimum Gasteiger partial charge on any atom is -0.381 e. The van der Waals surface area contributed by atoms with Gasteiger partial charge in [0.15, 0.2) is 0 Å². The first-order chi connectivity index (χ1) is 9.60. The number of ether oxygens (including phenoxy) is 1. The second kappa shape index (κ2) is 4.96. The summed E-state index contributed by atoms with van der Waals surface area (Å²) < 4.78 is 5.33. The van der Waals surface area contributed by atoms with E-state index in [2.05, 4.69) is 53.5 Å². The average Bonchev–Trinajstić information content (AvgIpc) is 3.07. The summed E-state index contributed by atoms with van der Waals surface area (Å²) in [4.78, 5) is 2.47. The van der Waals surface area contributed by atoms with Crippen molar-refractivity contribution in [1.82, 2.24) is 4.90 Å². The lowest BCUT2D eigenvalue weighted by atomic mass is 9.87. The zero-order valence-corrected chi connectivity index (χ0v) is 15.1. The molecule has 4 unspecified atom stereocenters. The molecule has 4 fully saturated rings. The molecule has 0 spiro atoms. The van der Waals surface area contributed by atoms with Crippen LogP contribution in [0.25, 0.3) is 0 Å². The molecule has 2 heteroatoms. The van der Waals surface area contributed by atoms with Gasteiger partial charge in [0.2, 0.25) is 0 Å². The Bertz CT molecular complexity index is 369. The smallest absolute Gasteiger partial charge is 0.0501 e. The van der Waals surface area contributed by atoms with Crippen molar-refractivity contribution >= 4 is 0 Å². The van der Waals surface area contributed by atoms with Gasteiger partial charge in [0.1, 0.15) is 0 Å². The van der Waals surface area contributed by atoms with E-state index in [0.717, 1.165) is 48.7 Å². The second-order valence-corrected chi connectivity index (χ2v) is 10.2. The SMILES string of the molecule is CC(C)(C)C1C2COCC21.CN1CC2C(C1)C2C(C)(C)C. The minimum absolute atomic E-state index is 0.527. The summed E-state index contributed by atoms with van der Waals surface area (Å²) in [6, 6.07) is 0. The first-order valence-electron chi connectivity index (χ1n) is 8.87. The highest BCUT2D eigenvalue weighted by Gasteiger charge is 2.59. The fraction of sp³-hybridized carbons (Fsp3) is 1.00. The molecule has 4 aliphatic rings. The first-order valence-corrected chi connectivity index (χ1v) is 8.87. The number of piperidine rings is 1. The van der Waals surface area contributed by atoms with Gasteiger partial charge in [-0.3, -0.25) is 0 Å². The summed E-state index contributed by atoms with van der Waals surface area (Å²) >= 11 is 0. The van der Waals surface area contributed by atoms with Gasteiger partial charge in [-0.15, -0.1) is 0 Å². The molecule has 122 valence electrons. The van der Waals surface area contributed by atoms with Gasteiger partial charge in [-0.2, -0.15) is 0 Å². The quantitative estimate of drug-likeness (QED) is 0.674. The van der Waals surface area contributed by atoms with Gasteiger partial charge in [0.25, 0.3) is 0 Å². The zero-order chi connectivity index (χ0) is 15.6. The highest BCUT2D eigenvalue weighted by molar-refractivity contribution is 5.08. The molecule has 0 bridgehead atoms. The third kappa shape index (κ3) is 3.03. The molecule has 21 heavy (non-hydrogen) atoms. The van der Waals surface area contributed by atoms with Crippen LogP contribution in [0.5, 0.6) is 0 Å². The Balaban J connectivity index is 0.000000126. The Kier molecular flexibility index (Phi) is 3.73. The summed E-state index contributed by atoms with van der Waals surface area (Å²) in [5.41, 5.74) is 1.09. The molecule has 2 saturated carbocycles. The van der Waals surface area contributed by atoms with Crippen molar-refractivity contribution in [1.29, 1.82) is 0 Å². The molecular formula is C19H35NO. The first kappa shape index (κ1) is 15.8. The van der Waals surface area contributed by atoms with Crippen LogP contribution in [0, 0.1) is 46.3 Å². The van der Waals surface area contributed by atoms with Gasteiger partial charge in [-0.05, 0) is 53.4 Å². The van der Waals surface area contributed by atoms with Crippen molar-refractivity contribution in [2.45, 2.75) is 41.5 Å². The third-order valence-electron chi connectivity index (χ3n) is 6.33. The number of nitrogens with zero attached hydrogens (tertiary/aromatic N) is 1. The van der Waals surface area contributed by atoms with Crippen LogP contribution in [-0.4, -0.2) is 38.3 Å². The monoisotopic (exact) mass is 293 g/mol. The van der Waals surface area contributed by atoms with Crippen LogP contribution in [0.4, 0.5) is 0 Å². The van der Waals surface area contributed by atoms with Crippen LogP contribution in [0.15, 0.2) is 0 Å². The number of fused-ring (bicyclic) bond motifs is 2. The Morgan fingerprint density at radius 3 is 1.43 bits per heavy atom. The summed E-state index contributed by atoms with van der Waals surface area (Å²) in [5, 5.41) is 0. The number of hydrogen-bond donors (Lipinski definition) is 0. The van der Waals surface area contributed by atoms with Crippen molar-refractivity contribution in [3.05, 3.63) is 0 Å². The van der Waals surface area contributed by atoms with Gasteiger partial charge in [0, 0.05) is 13.1 Å². The van der Waals surface area contributed by atoms with Crippen molar-refractivity contribution in [3.8, 4) is 0 Å². The molecular weight excluding hydrogens is 258 g/mol. The predicted octanol–water partition coefficient (Wildman–Crippen LogP) is 3.77. The topological polar surface area (TPSA) is 12.5 Å². The van der Waals surface area contributed by atoms with E-state index in [0.29, 0.717) is 10.8 Å². The Hall–Kier alpha value is -0.0800. The maximum atomic E-state index is 5.33. The summed E-state index contributed by atoms with van der Waals surface area (Å²) in [5.74, 6) is 5.90. The normalized spacial score (nSPS) is 44.7. The highest BCUT2D eigenvalue weighted by atomic mass is 16.5. The van der Waals surface area contributed by atoms with E-state index in [1.165, 1.54) is 13.1 Å². The fourth-order valence-electron chi connectivity index (χ4n) is 5.55. The maximum absolute atomic E-state index is 5.33. The van der Waals surface area contributed by atoms with E-state index in [9.17, 15) is 0 Å². The molecule has 4 rings (SSSR count). The molecule has 0 radical (unpaired) electrons. The number of hydrogen-bond acceptors (Lipinski definition) is 2. The Morgan fingerprint density at radius 1 is 0.714 bits per heavy atom. The summed E-state index contributed by atoms with van der Waals surface area (Å²) in [6.07, 6.45) is 0. The lowest BCUT2D eigenvalue weighted by Crippen LogP contribution is -2.24. The van der Waals surface area contributed by atoms with Crippen LogP contribution in [-0.2, 0) is 4.74 Å². The molecule has 0 aromatic carbocycles. The van der Waals surface area contributed by atoms with Crippen molar-refractivity contribution in [2.75, 3.05) is 33.4 Å². The molecule has 0 aromatic rings. The standard InChI is InChI=1S/C10H19N.C9H16O/c1-10(2,3)9-7-5-11(4)6-8(7)9;1-9(2,3)8-6-4-10-5-7(6)8/h7-9H,5-6H2,1-4H3;6-8H,4-5H2,1-3H3.